The second kappa shape index (κ2) is 6.28. The van der Waals surface area contributed by atoms with Gasteiger partial charge in [-0.3, -0.25) is 0 Å². The van der Waals surface area contributed by atoms with Crippen LogP contribution in [0.15, 0.2) is 29.2 Å². The number of aliphatic hydroxyl groups excluding tert-OH is 1. The largest absolute Gasteiger partial charge is 0.396 e. The van der Waals surface area contributed by atoms with E-state index in [2.05, 4.69) is 29.6 Å². The summed E-state index contributed by atoms with van der Waals surface area (Å²) in [5.41, 5.74) is 1.43. The number of aliphatic hydroxyl groups is 1. The summed E-state index contributed by atoms with van der Waals surface area (Å²) in [6.07, 6.45) is 3.30. The number of nitrogens with one attached hydrogen (secondary N) is 1. The van der Waals surface area contributed by atoms with E-state index in [4.69, 9.17) is 5.11 Å². The Hall–Kier alpha value is -0.510. The summed E-state index contributed by atoms with van der Waals surface area (Å²) < 4.78 is 0. The highest BCUT2D eigenvalue weighted by Gasteiger charge is 2.17. The maximum absolute atomic E-state index is 8.80. The van der Waals surface area contributed by atoms with Crippen LogP contribution in [0, 0.1) is 0 Å². The summed E-state index contributed by atoms with van der Waals surface area (Å²) >= 11 is 1.96. The van der Waals surface area contributed by atoms with Crippen molar-refractivity contribution in [1.82, 2.24) is 5.32 Å². The Morgan fingerprint density at radius 2 is 2.25 bits per heavy atom. The number of hydrogen-bond donors (Lipinski definition) is 2. The summed E-state index contributed by atoms with van der Waals surface area (Å²) in [7, 11) is 0. The van der Waals surface area contributed by atoms with E-state index in [-0.39, 0.29) is 6.61 Å². The Balaban J connectivity index is 2.06. The summed E-state index contributed by atoms with van der Waals surface area (Å²) in [5.74, 6) is 1.22. The fraction of sp³-hybridized carbons (Fsp3) is 0.538. The van der Waals surface area contributed by atoms with Gasteiger partial charge in [0.1, 0.15) is 0 Å². The molecule has 1 aromatic carbocycles. The first-order valence-corrected chi connectivity index (χ1v) is 6.96. The Bertz CT molecular complexity index is 329. The van der Waals surface area contributed by atoms with E-state index in [1.807, 2.05) is 11.8 Å². The maximum atomic E-state index is 8.80. The lowest BCUT2D eigenvalue weighted by Gasteiger charge is -2.18. The molecule has 0 amide bonds. The summed E-state index contributed by atoms with van der Waals surface area (Å²) in [5, 5.41) is 12.3. The zero-order valence-electron chi connectivity index (χ0n) is 9.48. The summed E-state index contributed by atoms with van der Waals surface area (Å²) in [4.78, 5) is 1.42. The van der Waals surface area contributed by atoms with Gasteiger partial charge in [0.05, 0.1) is 0 Å². The molecule has 0 saturated carbocycles. The van der Waals surface area contributed by atoms with Crippen LogP contribution >= 0.6 is 11.8 Å². The average molecular weight is 237 g/mol. The molecule has 2 N–H and O–H groups in total. The van der Waals surface area contributed by atoms with E-state index in [0.717, 1.165) is 13.0 Å². The fourth-order valence-electron chi connectivity index (χ4n) is 2.09. The molecule has 0 aromatic heterocycles. The molecule has 1 heterocycles. The average Bonchev–Trinajstić information content (AvgIpc) is 2.52. The second-order valence-corrected chi connectivity index (χ2v) is 5.25. The molecule has 0 aliphatic carbocycles. The van der Waals surface area contributed by atoms with Crippen molar-refractivity contribution in [2.45, 2.75) is 30.2 Å². The third kappa shape index (κ3) is 3.00. The molecule has 88 valence electrons. The van der Waals surface area contributed by atoms with Crippen molar-refractivity contribution in [3.8, 4) is 0 Å². The number of thioether (sulfide) groups is 1. The van der Waals surface area contributed by atoms with Gasteiger partial charge in [-0.05, 0) is 43.2 Å². The predicted molar refractivity (Wildman–Crippen MR) is 68.8 cm³/mol. The Kier molecular flexibility index (Phi) is 4.69. The van der Waals surface area contributed by atoms with Crippen molar-refractivity contribution in [3.05, 3.63) is 29.8 Å². The summed E-state index contributed by atoms with van der Waals surface area (Å²) in [6, 6.07) is 9.14. The standard InChI is InChI=1S/C13H19NOS/c15-9-4-8-14-12-6-3-10-16-13-7-2-1-5-11(12)13/h1-2,5,7,12,14-15H,3-4,6,8-10H2/t12-/m1/s1. The van der Waals surface area contributed by atoms with Gasteiger partial charge in [-0.1, -0.05) is 18.2 Å². The highest BCUT2D eigenvalue weighted by atomic mass is 32.2. The van der Waals surface area contributed by atoms with Crippen LogP contribution in [0.1, 0.15) is 30.9 Å². The molecule has 0 radical (unpaired) electrons. The molecule has 0 spiro atoms. The van der Waals surface area contributed by atoms with Gasteiger partial charge in [0.15, 0.2) is 0 Å². The smallest absolute Gasteiger partial charge is 0.0443 e. The van der Waals surface area contributed by atoms with Gasteiger partial charge in [-0.2, -0.15) is 0 Å². The fourth-order valence-corrected chi connectivity index (χ4v) is 3.17. The molecule has 1 aromatic rings. The number of rotatable bonds is 4. The van der Waals surface area contributed by atoms with Gasteiger partial charge in [0.2, 0.25) is 0 Å². The lowest BCUT2D eigenvalue weighted by Crippen LogP contribution is -2.23. The quantitative estimate of drug-likeness (QED) is 0.790. The van der Waals surface area contributed by atoms with Crippen molar-refractivity contribution in [1.29, 1.82) is 0 Å². The molecule has 2 nitrogen and oxygen atoms in total. The Morgan fingerprint density at radius 3 is 3.12 bits per heavy atom. The van der Waals surface area contributed by atoms with Gasteiger partial charge < -0.3 is 10.4 Å². The van der Waals surface area contributed by atoms with E-state index in [0.29, 0.717) is 6.04 Å². The highest BCUT2D eigenvalue weighted by Crippen LogP contribution is 2.34. The molecule has 0 bridgehead atoms. The molecule has 1 atom stereocenters. The topological polar surface area (TPSA) is 32.3 Å². The molecule has 0 fully saturated rings. The van der Waals surface area contributed by atoms with Crippen molar-refractivity contribution in [2.24, 2.45) is 0 Å². The van der Waals surface area contributed by atoms with Crippen molar-refractivity contribution < 1.29 is 5.11 Å². The Morgan fingerprint density at radius 1 is 1.38 bits per heavy atom. The Labute approximate surface area is 101 Å². The van der Waals surface area contributed by atoms with Crippen molar-refractivity contribution in [2.75, 3.05) is 18.9 Å². The zero-order valence-corrected chi connectivity index (χ0v) is 10.3. The van der Waals surface area contributed by atoms with Gasteiger partial charge in [-0.25, -0.2) is 0 Å². The van der Waals surface area contributed by atoms with Crippen LogP contribution in [0.5, 0.6) is 0 Å². The molecular formula is C13H19NOS. The number of hydrogen-bond acceptors (Lipinski definition) is 3. The van der Waals surface area contributed by atoms with E-state index in [9.17, 15) is 0 Å². The zero-order chi connectivity index (χ0) is 11.2. The van der Waals surface area contributed by atoms with Gasteiger partial charge >= 0.3 is 0 Å². The van der Waals surface area contributed by atoms with Crippen LogP contribution in [0.3, 0.4) is 0 Å². The molecule has 16 heavy (non-hydrogen) atoms. The SMILES string of the molecule is OCCCN[C@@H]1CCCSc2ccccc21. The molecule has 1 aliphatic rings. The number of fused-ring (bicyclic) bond motifs is 1. The van der Waals surface area contributed by atoms with Crippen LogP contribution in [-0.4, -0.2) is 24.0 Å². The first-order valence-electron chi connectivity index (χ1n) is 5.98. The lowest BCUT2D eigenvalue weighted by atomic mass is 10.0. The third-order valence-corrected chi connectivity index (χ3v) is 4.09. The minimum Gasteiger partial charge on any atom is -0.396 e. The molecule has 0 saturated heterocycles. The van der Waals surface area contributed by atoms with Crippen molar-refractivity contribution in [3.63, 3.8) is 0 Å². The third-order valence-electron chi connectivity index (χ3n) is 2.91. The molecule has 2 rings (SSSR count). The second-order valence-electron chi connectivity index (χ2n) is 4.11. The van der Waals surface area contributed by atoms with Crippen LogP contribution < -0.4 is 5.32 Å². The molecular weight excluding hydrogens is 218 g/mol. The molecule has 1 aliphatic heterocycles. The predicted octanol–water partition coefficient (Wildman–Crippen LogP) is 2.59. The minimum atomic E-state index is 0.274. The summed E-state index contributed by atoms with van der Waals surface area (Å²) in [6.45, 7) is 1.18. The van der Waals surface area contributed by atoms with Crippen LogP contribution in [-0.2, 0) is 0 Å². The normalized spacial score (nSPS) is 20.2. The van der Waals surface area contributed by atoms with E-state index < -0.39 is 0 Å². The van der Waals surface area contributed by atoms with Crippen LogP contribution in [0.25, 0.3) is 0 Å². The van der Waals surface area contributed by atoms with Crippen LogP contribution in [0.4, 0.5) is 0 Å². The first kappa shape index (κ1) is 12.0. The lowest BCUT2D eigenvalue weighted by molar-refractivity contribution is 0.282. The number of benzene rings is 1. The van der Waals surface area contributed by atoms with E-state index in [1.165, 1.54) is 29.1 Å². The molecule has 3 heteroatoms. The van der Waals surface area contributed by atoms with Gasteiger partial charge in [-0.15, -0.1) is 11.8 Å². The monoisotopic (exact) mass is 237 g/mol. The van der Waals surface area contributed by atoms with Crippen molar-refractivity contribution >= 4 is 11.8 Å². The van der Waals surface area contributed by atoms with Crippen LogP contribution in [0.2, 0.25) is 0 Å². The first-order chi connectivity index (χ1) is 7.92. The highest BCUT2D eigenvalue weighted by molar-refractivity contribution is 7.99. The maximum Gasteiger partial charge on any atom is 0.0443 e. The van der Waals surface area contributed by atoms with E-state index >= 15 is 0 Å². The van der Waals surface area contributed by atoms with Gasteiger partial charge in [0.25, 0.3) is 0 Å². The van der Waals surface area contributed by atoms with Gasteiger partial charge in [0, 0.05) is 17.5 Å². The minimum absolute atomic E-state index is 0.274. The molecule has 0 unspecified atom stereocenters. The van der Waals surface area contributed by atoms with E-state index in [1.54, 1.807) is 0 Å².